The summed E-state index contributed by atoms with van der Waals surface area (Å²) >= 11 is 0. The van der Waals surface area contributed by atoms with E-state index in [0.29, 0.717) is 12.8 Å². The van der Waals surface area contributed by atoms with Gasteiger partial charge in [-0.15, -0.1) is 0 Å². The molecule has 0 aromatic carbocycles. The van der Waals surface area contributed by atoms with E-state index in [4.69, 9.17) is 0 Å². The predicted molar refractivity (Wildman–Crippen MR) is 272 cm³/mol. The number of carbonyl (C=O) groups is 1. The standard InChI is InChI=1S/C57H113NO3/c1-3-5-7-9-11-13-15-17-19-21-23-25-26-27-28-29-30-31-32-33-35-37-39-41-43-45-47-49-51-53-57(61)58-55(54-59)56(60)52-50-48-46-44-42-40-38-36-34-24-22-20-18-16-14-12-10-8-6-4-2/h21,23,55-56,59-60H,3-20,22,24-54H2,1-2H3,(H,58,61)/b23-21-. The minimum atomic E-state index is -0.656. The zero-order valence-corrected chi connectivity index (χ0v) is 42.0. The van der Waals surface area contributed by atoms with Crippen molar-refractivity contribution in [2.75, 3.05) is 6.61 Å². The lowest BCUT2D eigenvalue weighted by atomic mass is 10.0. The zero-order chi connectivity index (χ0) is 44.2. The molecule has 364 valence electrons. The molecule has 0 aliphatic heterocycles. The molecule has 0 fully saturated rings. The van der Waals surface area contributed by atoms with Crippen LogP contribution in [0.5, 0.6) is 0 Å². The van der Waals surface area contributed by atoms with Gasteiger partial charge in [0.25, 0.3) is 0 Å². The molecule has 61 heavy (non-hydrogen) atoms. The highest BCUT2D eigenvalue weighted by molar-refractivity contribution is 5.76. The summed E-state index contributed by atoms with van der Waals surface area (Å²) in [7, 11) is 0. The van der Waals surface area contributed by atoms with Crippen LogP contribution >= 0.6 is 0 Å². The van der Waals surface area contributed by atoms with E-state index in [-0.39, 0.29) is 12.5 Å². The van der Waals surface area contributed by atoms with E-state index < -0.39 is 12.1 Å². The second kappa shape index (κ2) is 53.5. The van der Waals surface area contributed by atoms with Gasteiger partial charge in [0.05, 0.1) is 18.8 Å². The molecule has 0 bridgehead atoms. The molecule has 0 aromatic heterocycles. The van der Waals surface area contributed by atoms with E-state index in [1.54, 1.807) is 0 Å². The van der Waals surface area contributed by atoms with E-state index in [0.717, 1.165) is 25.7 Å². The molecule has 4 heteroatoms. The smallest absolute Gasteiger partial charge is 0.220 e. The first kappa shape index (κ1) is 60.1. The predicted octanol–water partition coefficient (Wildman–Crippen LogP) is 18.5. The Kier molecular flexibility index (Phi) is 52.7. The number of nitrogens with one attached hydrogen (secondary N) is 1. The minimum absolute atomic E-state index is 0.0238. The van der Waals surface area contributed by atoms with Gasteiger partial charge in [-0.05, 0) is 38.5 Å². The fourth-order valence-corrected chi connectivity index (χ4v) is 9.18. The molecule has 0 spiro atoms. The largest absolute Gasteiger partial charge is 0.394 e. The normalized spacial score (nSPS) is 12.8. The van der Waals surface area contributed by atoms with Crippen LogP contribution in [0.1, 0.15) is 328 Å². The van der Waals surface area contributed by atoms with E-state index in [1.807, 2.05) is 0 Å². The zero-order valence-electron chi connectivity index (χ0n) is 42.0. The van der Waals surface area contributed by atoms with E-state index in [9.17, 15) is 15.0 Å². The van der Waals surface area contributed by atoms with Crippen LogP contribution in [0.2, 0.25) is 0 Å². The highest BCUT2D eigenvalue weighted by atomic mass is 16.3. The molecule has 0 aliphatic carbocycles. The Balaban J connectivity index is 3.41. The van der Waals surface area contributed by atoms with Crippen molar-refractivity contribution in [3.8, 4) is 0 Å². The van der Waals surface area contributed by atoms with E-state index in [1.165, 1.54) is 276 Å². The van der Waals surface area contributed by atoms with Crippen LogP contribution in [-0.4, -0.2) is 34.9 Å². The summed E-state index contributed by atoms with van der Waals surface area (Å²) in [5.41, 5.74) is 0. The second-order valence-electron chi connectivity index (χ2n) is 19.7. The Morgan fingerprint density at radius 3 is 0.902 bits per heavy atom. The van der Waals surface area contributed by atoms with Gasteiger partial charge < -0.3 is 15.5 Å². The maximum absolute atomic E-state index is 12.5. The van der Waals surface area contributed by atoms with Crippen molar-refractivity contribution in [2.24, 2.45) is 0 Å². The topological polar surface area (TPSA) is 69.6 Å². The molecule has 0 saturated heterocycles. The number of allylic oxidation sites excluding steroid dienone is 2. The first-order chi connectivity index (χ1) is 30.2. The van der Waals surface area contributed by atoms with Gasteiger partial charge in [-0.2, -0.15) is 0 Å². The van der Waals surface area contributed by atoms with E-state index >= 15 is 0 Å². The number of aliphatic hydroxyl groups excluding tert-OH is 2. The lowest BCUT2D eigenvalue weighted by molar-refractivity contribution is -0.123. The van der Waals surface area contributed by atoms with Crippen LogP contribution in [0.4, 0.5) is 0 Å². The van der Waals surface area contributed by atoms with Gasteiger partial charge in [0, 0.05) is 6.42 Å². The summed E-state index contributed by atoms with van der Waals surface area (Å²) in [5.74, 6) is -0.0238. The molecule has 1 amide bonds. The fraction of sp³-hybridized carbons (Fsp3) is 0.947. The quantitative estimate of drug-likeness (QED) is 0.0421. The first-order valence-electron chi connectivity index (χ1n) is 28.4. The third kappa shape index (κ3) is 50.0. The van der Waals surface area contributed by atoms with Gasteiger partial charge in [-0.25, -0.2) is 0 Å². The Morgan fingerprint density at radius 2 is 0.623 bits per heavy atom. The Hall–Kier alpha value is -0.870. The van der Waals surface area contributed by atoms with Crippen LogP contribution < -0.4 is 5.32 Å². The van der Waals surface area contributed by atoms with E-state index in [2.05, 4.69) is 31.3 Å². The SMILES string of the molecule is CCCCCCCCCC/C=C\CCCCCCCCCCCCCCCCCCCC(=O)NC(CO)C(O)CCCCCCCCCCCCCCCCCCCCCC. The van der Waals surface area contributed by atoms with Gasteiger partial charge in [-0.3, -0.25) is 4.79 Å². The molecule has 2 atom stereocenters. The van der Waals surface area contributed by atoms with Crippen molar-refractivity contribution in [1.82, 2.24) is 5.32 Å². The Morgan fingerprint density at radius 1 is 0.377 bits per heavy atom. The van der Waals surface area contributed by atoms with Crippen LogP contribution in [0.15, 0.2) is 12.2 Å². The van der Waals surface area contributed by atoms with Gasteiger partial charge in [0.1, 0.15) is 0 Å². The molecule has 2 unspecified atom stereocenters. The fourth-order valence-electron chi connectivity index (χ4n) is 9.18. The number of unbranched alkanes of at least 4 members (excludes halogenated alkanes) is 44. The molecule has 0 aromatic rings. The van der Waals surface area contributed by atoms with Crippen LogP contribution in [0.3, 0.4) is 0 Å². The molecular formula is C57H113NO3. The molecule has 3 N–H and O–H groups in total. The number of rotatable bonds is 53. The summed E-state index contributed by atoms with van der Waals surface area (Å²) in [4.78, 5) is 12.5. The third-order valence-electron chi connectivity index (χ3n) is 13.5. The summed E-state index contributed by atoms with van der Waals surface area (Å²) in [6, 6.07) is -0.533. The maximum Gasteiger partial charge on any atom is 0.220 e. The lowest BCUT2D eigenvalue weighted by Gasteiger charge is -2.22. The van der Waals surface area contributed by atoms with Crippen LogP contribution in [-0.2, 0) is 4.79 Å². The maximum atomic E-state index is 12.5. The number of amides is 1. The summed E-state index contributed by atoms with van der Waals surface area (Å²) in [5, 5.41) is 23.3. The summed E-state index contributed by atoms with van der Waals surface area (Å²) < 4.78 is 0. The molecule has 0 aliphatic rings. The number of aliphatic hydroxyl groups is 2. The van der Waals surface area contributed by atoms with Crippen molar-refractivity contribution in [3.05, 3.63) is 12.2 Å². The monoisotopic (exact) mass is 860 g/mol. The van der Waals surface area contributed by atoms with Crippen LogP contribution in [0, 0.1) is 0 Å². The second-order valence-corrected chi connectivity index (χ2v) is 19.7. The van der Waals surface area contributed by atoms with Gasteiger partial charge >= 0.3 is 0 Å². The van der Waals surface area contributed by atoms with Crippen molar-refractivity contribution in [1.29, 1.82) is 0 Å². The molecule has 0 heterocycles. The summed E-state index contributed by atoms with van der Waals surface area (Å²) in [6.07, 6.45) is 69.2. The number of carbonyl (C=O) groups excluding carboxylic acids is 1. The Bertz CT molecular complexity index is 844. The van der Waals surface area contributed by atoms with Crippen molar-refractivity contribution in [3.63, 3.8) is 0 Å². The van der Waals surface area contributed by atoms with Crippen LogP contribution in [0.25, 0.3) is 0 Å². The van der Waals surface area contributed by atoms with Gasteiger partial charge in [0.2, 0.25) is 5.91 Å². The highest BCUT2D eigenvalue weighted by Gasteiger charge is 2.20. The van der Waals surface area contributed by atoms with Crippen molar-refractivity contribution < 1.29 is 15.0 Å². The average Bonchev–Trinajstić information content (AvgIpc) is 3.26. The third-order valence-corrected chi connectivity index (χ3v) is 13.5. The summed E-state index contributed by atoms with van der Waals surface area (Å²) in [6.45, 7) is 4.40. The lowest BCUT2D eigenvalue weighted by Crippen LogP contribution is -2.45. The number of hydrogen-bond acceptors (Lipinski definition) is 3. The Labute approximate surface area is 384 Å². The van der Waals surface area contributed by atoms with Gasteiger partial charge in [-0.1, -0.05) is 296 Å². The minimum Gasteiger partial charge on any atom is -0.394 e. The molecular weight excluding hydrogens is 747 g/mol. The molecule has 4 nitrogen and oxygen atoms in total. The molecule has 0 rings (SSSR count). The van der Waals surface area contributed by atoms with Crippen molar-refractivity contribution >= 4 is 5.91 Å². The average molecular weight is 861 g/mol. The molecule has 0 saturated carbocycles. The number of hydrogen-bond donors (Lipinski definition) is 3. The van der Waals surface area contributed by atoms with Gasteiger partial charge in [0.15, 0.2) is 0 Å². The molecule has 0 radical (unpaired) electrons. The van der Waals surface area contributed by atoms with Crippen molar-refractivity contribution in [2.45, 2.75) is 341 Å². The first-order valence-corrected chi connectivity index (χ1v) is 28.4. The highest BCUT2D eigenvalue weighted by Crippen LogP contribution is 2.18.